The van der Waals surface area contributed by atoms with Crippen LogP contribution in [-0.4, -0.2) is 6.04 Å². The molecule has 0 amide bonds. The monoisotopic (exact) mass is 223 g/mol. The smallest absolute Gasteiger partial charge is 0.00849 e. The van der Waals surface area contributed by atoms with E-state index < -0.39 is 0 Å². The van der Waals surface area contributed by atoms with E-state index in [2.05, 4.69) is 32.9 Å². The molecule has 1 fully saturated rings. The second-order valence-electron chi connectivity index (χ2n) is 5.52. The minimum atomic E-state index is 0.408. The third-order valence-corrected chi connectivity index (χ3v) is 4.86. The molecule has 1 aromatic rings. The van der Waals surface area contributed by atoms with Crippen LogP contribution in [0.4, 0.5) is 0 Å². The van der Waals surface area contributed by atoms with Crippen LogP contribution >= 0.6 is 11.3 Å². The number of hydrogen-bond acceptors (Lipinski definition) is 2. The van der Waals surface area contributed by atoms with E-state index in [0.717, 1.165) is 6.42 Å². The molecule has 2 heteroatoms. The number of aryl methyl sites for hydroxylation is 1. The zero-order valence-corrected chi connectivity index (χ0v) is 10.7. The highest BCUT2D eigenvalue weighted by Crippen LogP contribution is 2.47. The van der Waals surface area contributed by atoms with Crippen molar-refractivity contribution in [2.24, 2.45) is 11.1 Å². The highest BCUT2D eigenvalue weighted by molar-refractivity contribution is 7.12. The Morgan fingerprint density at radius 3 is 2.73 bits per heavy atom. The summed E-state index contributed by atoms with van der Waals surface area (Å²) >= 11 is 1.94. The lowest BCUT2D eigenvalue weighted by molar-refractivity contribution is 0.185. The van der Waals surface area contributed by atoms with E-state index in [4.69, 9.17) is 5.73 Å². The molecule has 15 heavy (non-hydrogen) atoms. The number of thiophene rings is 1. The predicted octanol–water partition coefficient (Wildman–Crippen LogP) is 3.68. The maximum absolute atomic E-state index is 6.10. The van der Waals surface area contributed by atoms with Crippen molar-refractivity contribution in [1.29, 1.82) is 0 Å². The first kappa shape index (κ1) is 11.2. The fraction of sp³-hybridized carbons (Fsp3) is 0.692. The third kappa shape index (κ3) is 2.26. The Morgan fingerprint density at radius 2 is 2.13 bits per heavy atom. The van der Waals surface area contributed by atoms with E-state index in [1.54, 1.807) is 0 Å². The van der Waals surface area contributed by atoms with Crippen LogP contribution in [0.2, 0.25) is 0 Å². The molecule has 0 aromatic carbocycles. The van der Waals surface area contributed by atoms with Crippen molar-refractivity contribution in [1.82, 2.24) is 0 Å². The Hall–Kier alpha value is -0.340. The first-order chi connectivity index (χ1) is 6.99. The maximum Gasteiger partial charge on any atom is 0.00849 e. The Labute approximate surface area is 96.7 Å². The molecule has 2 N–H and O–H groups in total. The van der Waals surface area contributed by atoms with Gasteiger partial charge in [0, 0.05) is 15.8 Å². The van der Waals surface area contributed by atoms with E-state index in [-0.39, 0.29) is 0 Å². The average molecular weight is 223 g/mol. The van der Waals surface area contributed by atoms with E-state index in [0.29, 0.717) is 17.4 Å². The highest BCUT2D eigenvalue weighted by Gasteiger charge is 2.36. The van der Waals surface area contributed by atoms with E-state index in [1.807, 2.05) is 11.3 Å². The Kier molecular flexibility index (Phi) is 2.91. The van der Waals surface area contributed by atoms with E-state index in [1.165, 1.54) is 22.6 Å². The van der Waals surface area contributed by atoms with Crippen LogP contribution < -0.4 is 5.73 Å². The molecule has 0 spiro atoms. The summed E-state index contributed by atoms with van der Waals surface area (Å²) in [6.07, 6.45) is 3.61. The van der Waals surface area contributed by atoms with E-state index >= 15 is 0 Å². The number of nitrogens with two attached hydrogens (primary N) is 1. The molecule has 0 radical (unpaired) electrons. The zero-order valence-electron chi connectivity index (χ0n) is 9.92. The highest BCUT2D eigenvalue weighted by atomic mass is 32.1. The van der Waals surface area contributed by atoms with Crippen molar-refractivity contribution in [3.63, 3.8) is 0 Å². The van der Waals surface area contributed by atoms with Gasteiger partial charge in [-0.1, -0.05) is 13.8 Å². The van der Waals surface area contributed by atoms with Gasteiger partial charge in [-0.15, -0.1) is 11.3 Å². The third-order valence-electron chi connectivity index (χ3n) is 3.75. The van der Waals surface area contributed by atoms with Crippen molar-refractivity contribution < 1.29 is 0 Å². The summed E-state index contributed by atoms with van der Waals surface area (Å²) in [5, 5.41) is 0. The summed E-state index contributed by atoms with van der Waals surface area (Å²) < 4.78 is 0. The normalized spacial score (nSPS) is 30.4. The lowest BCUT2D eigenvalue weighted by Crippen LogP contribution is -2.36. The molecular formula is C13H21NS. The summed E-state index contributed by atoms with van der Waals surface area (Å²) in [6, 6.07) is 4.94. The number of rotatable bonds is 1. The molecule has 1 aromatic heterocycles. The molecule has 2 rings (SSSR count). The van der Waals surface area contributed by atoms with Gasteiger partial charge in [-0.05, 0) is 49.7 Å². The standard InChI is InChI=1S/C13H21NS/c1-9-4-5-12(15-9)11-8-10(14)6-7-13(11,2)3/h4-5,10-11H,6-8,14H2,1-3H3. The van der Waals surface area contributed by atoms with Gasteiger partial charge in [0.05, 0.1) is 0 Å². The summed E-state index contributed by atoms with van der Waals surface area (Å²) in [6.45, 7) is 6.96. The SMILES string of the molecule is Cc1ccc(C2CC(N)CCC2(C)C)s1. The molecular weight excluding hydrogens is 202 g/mol. The Balaban J connectivity index is 2.25. The van der Waals surface area contributed by atoms with Crippen molar-refractivity contribution in [2.75, 3.05) is 0 Å². The predicted molar refractivity (Wildman–Crippen MR) is 67.4 cm³/mol. The van der Waals surface area contributed by atoms with Gasteiger partial charge in [-0.25, -0.2) is 0 Å². The van der Waals surface area contributed by atoms with E-state index in [9.17, 15) is 0 Å². The van der Waals surface area contributed by atoms with Crippen molar-refractivity contribution in [2.45, 2.75) is 52.0 Å². The summed E-state index contributed by atoms with van der Waals surface area (Å²) in [5.74, 6) is 0.667. The topological polar surface area (TPSA) is 26.0 Å². The van der Waals surface area contributed by atoms with Crippen molar-refractivity contribution in [3.05, 3.63) is 21.9 Å². The van der Waals surface area contributed by atoms with Crippen molar-refractivity contribution in [3.8, 4) is 0 Å². The fourth-order valence-corrected chi connectivity index (χ4v) is 3.81. The molecule has 1 nitrogen and oxygen atoms in total. The molecule has 1 aliphatic rings. The van der Waals surface area contributed by atoms with Crippen LogP contribution in [0.5, 0.6) is 0 Å². The van der Waals surface area contributed by atoms with Crippen LogP contribution in [0.3, 0.4) is 0 Å². The van der Waals surface area contributed by atoms with Gasteiger partial charge in [0.15, 0.2) is 0 Å². The largest absolute Gasteiger partial charge is 0.328 e. The summed E-state index contributed by atoms with van der Waals surface area (Å²) in [7, 11) is 0. The molecule has 1 saturated carbocycles. The first-order valence-electron chi connectivity index (χ1n) is 5.81. The van der Waals surface area contributed by atoms with Gasteiger partial charge in [0.25, 0.3) is 0 Å². The quantitative estimate of drug-likeness (QED) is 0.772. The van der Waals surface area contributed by atoms with Crippen LogP contribution in [0.25, 0.3) is 0 Å². The molecule has 0 bridgehead atoms. The summed E-state index contributed by atoms with van der Waals surface area (Å²) in [5.41, 5.74) is 6.52. The van der Waals surface area contributed by atoms with Gasteiger partial charge >= 0.3 is 0 Å². The van der Waals surface area contributed by atoms with Gasteiger partial charge in [-0.3, -0.25) is 0 Å². The second-order valence-corrected chi connectivity index (χ2v) is 6.84. The van der Waals surface area contributed by atoms with Gasteiger partial charge in [-0.2, -0.15) is 0 Å². The van der Waals surface area contributed by atoms with Crippen LogP contribution in [0, 0.1) is 12.3 Å². The minimum absolute atomic E-state index is 0.408. The van der Waals surface area contributed by atoms with Gasteiger partial charge < -0.3 is 5.73 Å². The van der Waals surface area contributed by atoms with Gasteiger partial charge in [0.1, 0.15) is 0 Å². The number of hydrogen-bond donors (Lipinski definition) is 1. The zero-order chi connectivity index (χ0) is 11.1. The Bertz CT molecular complexity index is 340. The average Bonchev–Trinajstić information content (AvgIpc) is 2.56. The lowest BCUT2D eigenvalue weighted by atomic mass is 9.67. The van der Waals surface area contributed by atoms with Crippen LogP contribution in [-0.2, 0) is 0 Å². The van der Waals surface area contributed by atoms with Gasteiger partial charge in [0.2, 0.25) is 0 Å². The second kappa shape index (κ2) is 3.91. The Morgan fingerprint density at radius 1 is 1.40 bits per heavy atom. The molecule has 2 atom stereocenters. The summed E-state index contributed by atoms with van der Waals surface area (Å²) in [4.78, 5) is 2.95. The van der Waals surface area contributed by atoms with Crippen molar-refractivity contribution >= 4 is 11.3 Å². The molecule has 1 heterocycles. The molecule has 2 unspecified atom stereocenters. The van der Waals surface area contributed by atoms with Crippen LogP contribution in [0.1, 0.15) is 48.8 Å². The first-order valence-corrected chi connectivity index (χ1v) is 6.62. The molecule has 0 aliphatic heterocycles. The molecule has 1 aliphatic carbocycles. The molecule has 0 saturated heterocycles. The maximum atomic E-state index is 6.10. The van der Waals surface area contributed by atoms with Crippen LogP contribution in [0.15, 0.2) is 12.1 Å². The molecule has 84 valence electrons. The lowest BCUT2D eigenvalue weighted by Gasteiger charge is -2.40. The fourth-order valence-electron chi connectivity index (χ4n) is 2.61. The minimum Gasteiger partial charge on any atom is -0.328 e.